The van der Waals surface area contributed by atoms with E-state index in [4.69, 9.17) is 9.84 Å². The maximum absolute atomic E-state index is 10.7. The summed E-state index contributed by atoms with van der Waals surface area (Å²) in [6.45, 7) is 5.39. The van der Waals surface area contributed by atoms with Gasteiger partial charge in [-0.2, -0.15) is 0 Å². The molecule has 0 aromatic rings. The van der Waals surface area contributed by atoms with Crippen LogP contribution in [0.2, 0.25) is 0 Å². The van der Waals surface area contributed by atoms with Gasteiger partial charge in [0.05, 0.1) is 6.61 Å². The number of rotatable bonds is 10. The third-order valence-corrected chi connectivity index (χ3v) is 2.28. The number of carboxylic acid groups (broad SMARTS) is 1. The summed E-state index contributed by atoms with van der Waals surface area (Å²) in [4.78, 5) is 23.1. The van der Waals surface area contributed by atoms with Gasteiger partial charge in [0.15, 0.2) is 0 Å². The van der Waals surface area contributed by atoms with Crippen LogP contribution in [0.4, 0.5) is 0 Å². The summed E-state index contributed by atoms with van der Waals surface area (Å²) in [6.07, 6.45) is 3.72. The van der Waals surface area contributed by atoms with Crippen LogP contribution in [0.1, 0.15) is 25.7 Å². The number of esters is 1. The first-order valence-corrected chi connectivity index (χ1v) is 5.75. The van der Waals surface area contributed by atoms with Crippen LogP contribution in [-0.4, -0.2) is 48.7 Å². The molecule has 0 heterocycles. The lowest BCUT2D eigenvalue weighted by atomic mass is 10.2. The fourth-order valence-electron chi connectivity index (χ4n) is 1.34. The molecule has 0 amide bonds. The van der Waals surface area contributed by atoms with Gasteiger partial charge < -0.3 is 14.7 Å². The maximum atomic E-state index is 10.7. The molecule has 0 aromatic heterocycles. The molecule has 0 aliphatic rings. The largest absolute Gasteiger partial charge is 0.481 e. The van der Waals surface area contributed by atoms with Crippen molar-refractivity contribution in [3.63, 3.8) is 0 Å². The molecule has 0 spiro atoms. The van der Waals surface area contributed by atoms with Gasteiger partial charge in [0.2, 0.25) is 0 Å². The molecule has 0 saturated heterocycles. The summed E-state index contributed by atoms with van der Waals surface area (Å²) in [5, 5.41) is 8.46. The summed E-state index contributed by atoms with van der Waals surface area (Å²) >= 11 is 0. The summed E-state index contributed by atoms with van der Waals surface area (Å²) in [5.74, 6) is -1.14. The SMILES string of the molecule is C=CC(=O)OCCCN(C)CCCCC(=O)O. The first-order valence-electron chi connectivity index (χ1n) is 5.75. The molecule has 0 atom stereocenters. The Morgan fingerprint density at radius 1 is 1.29 bits per heavy atom. The Bertz CT molecular complexity index is 253. The number of carbonyl (C=O) groups is 2. The Morgan fingerprint density at radius 3 is 2.53 bits per heavy atom. The molecule has 0 radical (unpaired) electrons. The van der Waals surface area contributed by atoms with Crippen LogP contribution in [0.15, 0.2) is 12.7 Å². The summed E-state index contributed by atoms with van der Waals surface area (Å²) in [7, 11) is 1.97. The summed E-state index contributed by atoms with van der Waals surface area (Å²) in [5.41, 5.74) is 0. The number of carbonyl (C=O) groups excluding carboxylic acids is 1. The van der Waals surface area contributed by atoms with Crippen molar-refractivity contribution >= 4 is 11.9 Å². The Kier molecular flexibility index (Phi) is 9.05. The molecule has 0 saturated carbocycles. The number of unbranched alkanes of at least 4 members (excludes halogenated alkanes) is 1. The van der Waals surface area contributed by atoms with Crippen LogP contribution in [0.3, 0.4) is 0 Å². The molecular formula is C12H21NO4. The topological polar surface area (TPSA) is 66.8 Å². The van der Waals surface area contributed by atoms with Crippen molar-refractivity contribution in [2.75, 3.05) is 26.7 Å². The second kappa shape index (κ2) is 9.84. The Morgan fingerprint density at radius 2 is 1.94 bits per heavy atom. The fraction of sp³-hybridized carbons (Fsp3) is 0.667. The third-order valence-electron chi connectivity index (χ3n) is 2.28. The zero-order chi connectivity index (χ0) is 13.1. The number of hydrogen-bond donors (Lipinski definition) is 1. The van der Waals surface area contributed by atoms with Crippen LogP contribution in [0.25, 0.3) is 0 Å². The number of hydrogen-bond acceptors (Lipinski definition) is 4. The van der Waals surface area contributed by atoms with Crippen LogP contribution < -0.4 is 0 Å². The van der Waals surface area contributed by atoms with Gasteiger partial charge in [-0.3, -0.25) is 4.79 Å². The molecular weight excluding hydrogens is 222 g/mol. The van der Waals surface area contributed by atoms with Crippen LogP contribution in [0, 0.1) is 0 Å². The molecule has 0 fully saturated rings. The monoisotopic (exact) mass is 243 g/mol. The molecule has 5 heteroatoms. The molecule has 0 unspecified atom stereocenters. The first-order chi connectivity index (χ1) is 8.06. The van der Waals surface area contributed by atoms with Crippen LogP contribution in [0.5, 0.6) is 0 Å². The van der Waals surface area contributed by atoms with Gasteiger partial charge in [-0.25, -0.2) is 4.79 Å². The van der Waals surface area contributed by atoms with Crippen molar-refractivity contribution < 1.29 is 19.4 Å². The lowest BCUT2D eigenvalue weighted by Gasteiger charge is -2.15. The van der Waals surface area contributed by atoms with E-state index in [-0.39, 0.29) is 6.42 Å². The minimum atomic E-state index is -0.746. The molecule has 0 rings (SSSR count). The van der Waals surface area contributed by atoms with Gasteiger partial charge in [-0.1, -0.05) is 6.58 Å². The number of ether oxygens (including phenoxy) is 1. The minimum Gasteiger partial charge on any atom is -0.481 e. The van der Waals surface area contributed by atoms with Gasteiger partial charge in [0.1, 0.15) is 0 Å². The van der Waals surface area contributed by atoms with Crippen molar-refractivity contribution in [1.82, 2.24) is 4.90 Å². The molecule has 1 N–H and O–H groups in total. The molecule has 0 bridgehead atoms. The predicted octanol–water partition coefficient (Wildman–Crippen LogP) is 1.29. The fourth-order valence-corrected chi connectivity index (χ4v) is 1.34. The minimum absolute atomic E-state index is 0.227. The molecule has 0 aliphatic heterocycles. The zero-order valence-corrected chi connectivity index (χ0v) is 10.4. The van der Waals surface area contributed by atoms with Crippen molar-refractivity contribution in [2.24, 2.45) is 0 Å². The van der Waals surface area contributed by atoms with E-state index in [9.17, 15) is 9.59 Å². The Labute approximate surface area is 102 Å². The van der Waals surface area contributed by atoms with Crippen LogP contribution >= 0.6 is 0 Å². The van der Waals surface area contributed by atoms with E-state index < -0.39 is 11.9 Å². The van der Waals surface area contributed by atoms with Crippen molar-refractivity contribution in [3.8, 4) is 0 Å². The Balaban J connectivity index is 3.34. The van der Waals surface area contributed by atoms with Crippen molar-refractivity contribution in [1.29, 1.82) is 0 Å². The van der Waals surface area contributed by atoms with Crippen LogP contribution in [-0.2, 0) is 14.3 Å². The van der Waals surface area contributed by atoms with E-state index in [1.54, 1.807) is 0 Å². The van der Waals surface area contributed by atoms with E-state index in [0.717, 1.165) is 32.0 Å². The normalized spacial score (nSPS) is 10.2. The second-order valence-corrected chi connectivity index (χ2v) is 3.88. The number of carboxylic acids is 1. The average Bonchev–Trinajstić information content (AvgIpc) is 2.29. The van der Waals surface area contributed by atoms with Crippen molar-refractivity contribution in [2.45, 2.75) is 25.7 Å². The van der Waals surface area contributed by atoms with Gasteiger partial charge in [-0.05, 0) is 32.9 Å². The third kappa shape index (κ3) is 10.9. The van der Waals surface area contributed by atoms with E-state index >= 15 is 0 Å². The molecule has 17 heavy (non-hydrogen) atoms. The quantitative estimate of drug-likeness (QED) is 0.356. The Hall–Kier alpha value is -1.36. The average molecular weight is 243 g/mol. The number of aliphatic carboxylic acids is 1. The van der Waals surface area contributed by atoms with Crippen molar-refractivity contribution in [3.05, 3.63) is 12.7 Å². The lowest BCUT2D eigenvalue weighted by Crippen LogP contribution is -2.22. The molecule has 0 aliphatic carbocycles. The highest BCUT2D eigenvalue weighted by molar-refractivity contribution is 5.81. The second-order valence-electron chi connectivity index (χ2n) is 3.88. The highest BCUT2D eigenvalue weighted by Gasteiger charge is 2.01. The maximum Gasteiger partial charge on any atom is 0.330 e. The van der Waals surface area contributed by atoms with E-state index in [2.05, 4.69) is 11.5 Å². The highest BCUT2D eigenvalue weighted by atomic mass is 16.5. The zero-order valence-electron chi connectivity index (χ0n) is 10.4. The first kappa shape index (κ1) is 15.6. The van der Waals surface area contributed by atoms with E-state index in [1.165, 1.54) is 0 Å². The van der Waals surface area contributed by atoms with E-state index in [0.29, 0.717) is 13.0 Å². The standard InChI is InChI=1S/C12H21NO4/c1-3-12(16)17-10-6-9-13(2)8-5-4-7-11(14)15/h3H,1,4-10H2,2H3,(H,14,15). The highest BCUT2D eigenvalue weighted by Crippen LogP contribution is 1.98. The van der Waals surface area contributed by atoms with E-state index in [1.807, 2.05) is 7.05 Å². The number of nitrogens with zero attached hydrogens (tertiary/aromatic N) is 1. The van der Waals surface area contributed by atoms with Gasteiger partial charge in [0.25, 0.3) is 0 Å². The summed E-state index contributed by atoms with van der Waals surface area (Å²) < 4.78 is 4.84. The molecule has 0 aromatic carbocycles. The predicted molar refractivity (Wildman–Crippen MR) is 64.8 cm³/mol. The van der Waals surface area contributed by atoms with Gasteiger partial charge in [0, 0.05) is 19.0 Å². The summed E-state index contributed by atoms with van der Waals surface area (Å²) in [6, 6.07) is 0. The van der Waals surface area contributed by atoms with Gasteiger partial charge in [-0.15, -0.1) is 0 Å². The van der Waals surface area contributed by atoms with Gasteiger partial charge >= 0.3 is 11.9 Å². The molecule has 5 nitrogen and oxygen atoms in total. The smallest absolute Gasteiger partial charge is 0.330 e. The lowest BCUT2D eigenvalue weighted by molar-refractivity contribution is -0.138. The molecule has 98 valence electrons.